The Bertz CT molecular complexity index is 346. The maximum Gasteiger partial charge on any atom is 0.0771 e. The van der Waals surface area contributed by atoms with Gasteiger partial charge in [-0.15, -0.1) is 0 Å². The fourth-order valence-electron chi connectivity index (χ4n) is 2.36. The molecule has 0 bridgehead atoms. The van der Waals surface area contributed by atoms with Gasteiger partial charge < -0.3 is 10.4 Å². The minimum Gasteiger partial charge on any atom is -0.389 e. The molecule has 1 aliphatic rings. The van der Waals surface area contributed by atoms with E-state index in [9.17, 15) is 5.11 Å². The molecule has 0 aliphatic heterocycles. The fraction of sp³-hybridized carbons (Fsp3) is 0.615. The van der Waals surface area contributed by atoms with E-state index >= 15 is 0 Å². The lowest BCUT2D eigenvalue weighted by atomic mass is 10.0. The minimum atomic E-state index is -0.461. The lowest BCUT2D eigenvalue weighted by molar-refractivity contribution is 0.0475. The molecule has 1 saturated carbocycles. The molecule has 0 saturated heterocycles. The van der Waals surface area contributed by atoms with Crippen molar-refractivity contribution < 1.29 is 5.11 Å². The molecule has 0 atom stereocenters. The third-order valence-electron chi connectivity index (χ3n) is 3.25. The van der Waals surface area contributed by atoms with Crippen molar-refractivity contribution in [1.29, 1.82) is 0 Å². The minimum absolute atomic E-state index is 0.461. The van der Waals surface area contributed by atoms with Crippen molar-refractivity contribution >= 4 is 0 Å². The van der Waals surface area contributed by atoms with Crippen molar-refractivity contribution in [2.45, 2.75) is 44.8 Å². The number of aryl methyl sites for hydroxylation is 1. The first-order chi connectivity index (χ1) is 7.68. The van der Waals surface area contributed by atoms with Crippen LogP contribution < -0.4 is 5.32 Å². The molecule has 2 rings (SSSR count). The molecule has 1 aromatic rings. The molecule has 3 nitrogen and oxygen atoms in total. The molecule has 1 fully saturated rings. The predicted molar refractivity (Wildman–Crippen MR) is 64.1 cm³/mol. The van der Waals surface area contributed by atoms with Crippen molar-refractivity contribution in [3.8, 4) is 0 Å². The van der Waals surface area contributed by atoms with E-state index in [4.69, 9.17) is 0 Å². The number of nitrogens with zero attached hydrogens (tertiary/aromatic N) is 1. The van der Waals surface area contributed by atoms with E-state index < -0.39 is 5.60 Å². The largest absolute Gasteiger partial charge is 0.389 e. The van der Waals surface area contributed by atoms with Gasteiger partial charge in [0.25, 0.3) is 0 Å². The van der Waals surface area contributed by atoms with Crippen LogP contribution in [0.25, 0.3) is 0 Å². The summed E-state index contributed by atoms with van der Waals surface area (Å²) in [5.74, 6) is 0. The molecule has 1 aromatic heterocycles. The van der Waals surface area contributed by atoms with Gasteiger partial charge in [0, 0.05) is 25.5 Å². The summed E-state index contributed by atoms with van der Waals surface area (Å²) >= 11 is 0. The predicted octanol–water partition coefficient (Wildman–Crippen LogP) is 1.78. The van der Waals surface area contributed by atoms with Crippen LogP contribution in [0, 0.1) is 6.92 Å². The van der Waals surface area contributed by atoms with Gasteiger partial charge in [-0.3, -0.25) is 4.98 Å². The standard InChI is InChI=1S/C13H20N2O/c1-11-6-12(8-14-7-11)9-15-10-13(16)4-2-3-5-13/h6-8,15-16H,2-5,9-10H2,1H3. The molecule has 1 aliphatic carbocycles. The first kappa shape index (κ1) is 11.6. The van der Waals surface area contributed by atoms with Crippen LogP contribution >= 0.6 is 0 Å². The normalized spacial score (nSPS) is 18.9. The van der Waals surface area contributed by atoms with E-state index in [2.05, 4.69) is 16.4 Å². The van der Waals surface area contributed by atoms with Crippen molar-refractivity contribution in [3.05, 3.63) is 29.6 Å². The highest BCUT2D eigenvalue weighted by Crippen LogP contribution is 2.28. The van der Waals surface area contributed by atoms with Gasteiger partial charge in [0.05, 0.1) is 5.60 Å². The molecular formula is C13H20N2O. The Morgan fingerprint density at radius 2 is 2.12 bits per heavy atom. The zero-order valence-electron chi connectivity index (χ0n) is 9.87. The second-order valence-electron chi connectivity index (χ2n) is 4.91. The van der Waals surface area contributed by atoms with E-state index in [1.165, 1.54) is 11.1 Å². The third-order valence-corrected chi connectivity index (χ3v) is 3.25. The topological polar surface area (TPSA) is 45.2 Å². The maximum atomic E-state index is 10.1. The van der Waals surface area contributed by atoms with Crippen LogP contribution in [-0.4, -0.2) is 22.2 Å². The monoisotopic (exact) mass is 220 g/mol. The van der Waals surface area contributed by atoms with E-state index in [-0.39, 0.29) is 0 Å². The quantitative estimate of drug-likeness (QED) is 0.813. The second kappa shape index (κ2) is 4.93. The van der Waals surface area contributed by atoms with Gasteiger partial charge in [-0.05, 0) is 30.9 Å². The van der Waals surface area contributed by atoms with Gasteiger partial charge in [-0.1, -0.05) is 18.9 Å². The molecule has 2 N–H and O–H groups in total. The lowest BCUT2D eigenvalue weighted by Crippen LogP contribution is -2.37. The summed E-state index contributed by atoms with van der Waals surface area (Å²) in [6.45, 7) is 3.53. The van der Waals surface area contributed by atoms with Crippen LogP contribution in [0.1, 0.15) is 36.8 Å². The van der Waals surface area contributed by atoms with Crippen LogP contribution in [0.5, 0.6) is 0 Å². The van der Waals surface area contributed by atoms with Crippen LogP contribution in [0.15, 0.2) is 18.5 Å². The number of pyridine rings is 1. The highest BCUT2D eigenvalue weighted by atomic mass is 16.3. The van der Waals surface area contributed by atoms with Crippen LogP contribution in [0.3, 0.4) is 0 Å². The van der Waals surface area contributed by atoms with E-state index in [0.717, 1.165) is 32.2 Å². The van der Waals surface area contributed by atoms with Crippen molar-refractivity contribution in [1.82, 2.24) is 10.3 Å². The highest BCUT2D eigenvalue weighted by Gasteiger charge is 2.30. The SMILES string of the molecule is Cc1cncc(CNCC2(O)CCCC2)c1. The molecule has 0 spiro atoms. The maximum absolute atomic E-state index is 10.1. The Labute approximate surface area is 96.9 Å². The fourth-order valence-corrected chi connectivity index (χ4v) is 2.36. The molecule has 1 heterocycles. The Kier molecular flexibility index (Phi) is 3.56. The number of rotatable bonds is 4. The zero-order chi connectivity index (χ0) is 11.4. The molecule has 16 heavy (non-hydrogen) atoms. The second-order valence-corrected chi connectivity index (χ2v) is 4.91. The van der Waals surface area contributed by atoms with Gasteiger partial charge in [0.2, 0.25) is 0 Å². The molecular weight excluding hydrogens is 200 g/mol. The van der Waals surface area contributed by atoms with E-state index in [1.54, 1.807) is 0 Å². The molecule has 0 radical (unpaired) electrons. The molecule has 3 heteroatoms. The highest BCUT2D eigenvalue weighted by molar-refractivity contribution is 5.16. The summed E-state index contributed by atoms with van der Waals surface area (Å²) in [4.78, 5) is 4.15. The summed E-state index contributed by atoms with van der Waals surface area (Å²) < 4.78 is 0. The summed E-state index contributed by atoms with van der Waals surface area (Å²) in [7, 11) is 0. The Morgan fingerprint density at radius 1 is 1.38 bits per heavy atom. The lowest BCUT2D eigenvalue weighted by Gasteiger charge is -2.22. The Morgan fingerprint density at radius 3 is 2.81 bits per heavy atom. The van der Waals surface area contributed by atoms with Crippen LogP contribution in [0.4, 0.5) is 0 Å². The summed E-state index contributed by atoms with van der Waals surface area (Å²) in [5.41, 5.74) is 1.90. The van der Waals surface area contributed by atoms with Gasteiger partial charge in [-0.2, -0.15) is 0 Å². The zero-order valence-corrected chi connectivity index (χ0v) is 9.87. The Hall–Kier alpha value is -0.930. The van der Waals surface area contributed by atoms with Crippen molar-refractivity contribution in [2.24, 2.45) is 0 Å². The third kappa shape index (κ3) is 3.03. The van der Waals surface area contributed by atoms with Crippen molar-refractivity contribution in [3.63, 3.8) is 0 Å². The summed E-state index contributed by atoms with van der Waals surface area (Å²) in [6.07, 6.45) is 7.92. The average Bonchev–Trinajstić information content (AvgIpc) is 2.65. The number of aromatic nitrogens is 1. The summed E-state index contributed by atoms with van der Waals surface area (Å²) in [6, 6.07) is 2.12. The smallest absolute Gasteiger partial charge is 0.0771 e. The number of hydrogen-bond donors (Lipinski definition) is 2. The van der Waals surface area contributed by atoms with Crippen LogP contribution in [0.2, 0.25) is 0 Å². The number of nitrogens with one attached hydrogen (secondary N) is 1. The number of aliphatic hydroxyl groups is 1. The molecule has 0 aromatic carbocycles. The summed E-state index contributed by atoms with van der Waals surface area (Å²) in [5, 5.41) is 13.5. The number of hydrogen-bond acceptors (Lipinski definition) is 3. The van der Waals surface area contributed by atoms with Gasteiger partial charge in [0.1, 0.15) is 0 Å². The first-order valence-corrected chi connectivity index (χ1v) is 6.02. The van der Waals surface area contributed by atoms with E-state index in [1.807, 2.05) is 19.3 Å². The Balaban J connectivity index is 1.79. The average molecular weight is 220 g/mol. The molecule has 88 valence electrons. The van der Waals surface area contributed by atoms with Gasteiger partial charge in [-0.25, -0.2) is 0 Å². The van der Waals surface area contributed by atoms with Gasteiger partial charge in [0.15, 0.2) is 0 Å². The molecule has 0 amide bonds. The van der Waals surface area contributed by atoms with Crippen molar-refractivity contribution in [2.75, 3.05) is 6.54 Å². The van der Waals surface area contributed by atoms with E-state index in [0.29, 0.717) is 6.54 Å². The van der Waals surface area contributed by atoms with Crippen LogP contribution in [-0.2, 0) is 6.54 Å². The molecule has 0 unspecified atom stereocenters. The van der Waals surface area contributed by atoms with Gasteiger partial charge >= 0.3 is 0 Å². The first-order valence-electron chi connectivity index (χ1n) is 6.02.